The molecular weight excluding hydrogens is 430 g/mol. The van der Waals surface area contributed by atoms with Crippen molar-refractivity contribution < 1.29 is 14.3 Å². The molecule has 34 heavy (non-hydrogen) atoms. The average Bonchev–Trinajstić information content (AvgIpc) is 3.34. The third kappa shape index (κ3) is 5.58. The van der Waals surface area contributed by atoms with Crippen molar-refractivity contribution in [3.8, 4) is 28.7 Å². The molecule has 0 aliphatic rings. The van der Waals surface area contributed by atoms with Crippen LogP contribution in [-0.2, 0) is 6.42 Å². The second-order valence-corrected chi connectivity index (χ2v) is 7.52. The minimum Gasteiger partial charge on any atom is -0.495 e. The van der Waals surface area contributed by atoms with Crippen LogP contribution in [0.3, 0.4) is 0 Å². The van der Waals surface area contributed by atoms with Crippen LogP contribution >= 0.6 is 0 Å². The highest BCUT2D eigenvalue weighted by atomic mass is 16.5. The summed E-state index contributed by atoms with van der Waals surface area (Å²) < 4.78 is 12.6. The number of nitrogens with one attached hydrogen (secondary N) is 1. The molecule has 0 atom stereocenters. The molecule has 2 heterocycles. The fourth-order valence-electron chi connectivity index (χ4n) is 3.35. The van der Waals surface area contributed by atoms with Gasteiger partial charge in [0.05, 0.1) is 25.6 Å². The lowest BCUT2D eigenvalue weighted by molar-refractivity contribution is 0.0951. The Labute approximate surface area is 198 Å². The van der Waals surface area contributed by atoms with Gasteiger partial charge >= 0.3 is 0 Å². The quantitative estimate of drug-likeness (QED) is 0.361. The van der Waals surface area contributed by atoms with Crippen LogP contribution in [0.15, 0.2) is 72.9 Å². The van der Waals surface area contributed by atoms with E-state index >= 15 is 0 Å². The van der Waals surface area contributed by atoms with Crippen molar-refractivity contribution in [2.45, 2.75) is 19.8 Å². The number of ether oxygens (including phenoxy) is 2. The molecule has 0 spiro atoms. The van der Waals surface area contributed by atoms with E-state index in [0.29, 0.717) is 54.6 Å². The van der Waals surface area contributed by atoms with Gasteiger partial charge < -0.3 is 14.8 Å². The van der Waals surface area contributed by atoms with E-state index in [2.05, 4.69) is 20.4 Å². The number of rotatable bonds is 10. The zero-order chi connectivity index (χ0) is 23.8. The normalized spacial score (nSPS) is 10.6. The van der Waals surface area contributed by atoms with Crippen LogP contribution in [-0.4, -0.2) is 45.9 Å². The SMILES string of the molecule is CCc1nc(-c2ccc(OC)cn2)n(-c2cccc(C(=O)NCCCOc3ccccc3)c2)n1. The van der Waals surface area contributed by atoms with E-state index in [1.54, 1.807) is 30.1 Å². The lowest BCUT2D eigenvalue weighted by atomic mass is 10.2. The molecule has 0 aliphatic carbocycles. The average molecular weight is 458 g/mol. The van der Waals surface area contributed by atoms with Crippen molar-refractivity contribution in [1.29, 1.82) is 0 Å². The number of hydrogen-bond donors (Lipinski definition) is 1. The summed E-state index contributed by atoms with van der Waals surface area (Å²) in [4.78, 5) is 21.8. The van der Waals surface area contributed by atoms with Crippen LogP contribution in [0.4, 0.5) is 0 Å². The fraction of sp³-hybridized carbons (Fsp3) is 0.231. The van der Waals surface area contributed by atoms with Gasteiger partial charge in [0.25, 0.3) is 5.91 Å². The van der Waals surface area contributed by atoms with Gasteiger partial charge in [0.2, 0.25) is 0 Å². The fourth-order valence-corrected chi connectivity index (χ4v) is 3.35. The molecule has 2 aromatic carbocycles. The van der Waals surface area contributed by atoms with Crippen molar-refractivity contribution >= 4 is 5.91 Å². The van der Waals surface area contributed by atoms with Gasteiger partial charge in [-0.05, 0) is 48.9 Å². The summed E-state index contributed by atoms with van der Waals surface area (Å²) in [5.74, 6) is 2.64. The van der Waals surface area contributed by atoms with E-state index in [4.69, 9.17) is 9.47 Å². The predicted octanol–water partition coefficient (Wildman–Crippen LogP) is 4.10. The molecule has 0 radical (unpaired) electrons. The number of pyridine rings is 1. The third-order valence-corrected chi connectivity index (χ3v) is 5.14. The summed E-state index contributed by atoms with van der Waals surface area (Å²) in [6.07, 6.45) is 3.03. The molecule has 0 bridgehead atoms. The van der Waals surface area contributed by atoms with Crippen LogP contribution in [0.25, 0.3) is 17.2 Å². The number of para-hydroxylation sites is 1. The molecule has 4 rings (SSSR count). The number of carbonyl (C=O) groups is 1. The number of aryl methyl sites for hydroxylation is 1. The number of aromatic nitrogens is 4. The lowest BCUT2D eigenvalue weighted by Gasteiger charge is -2.10. The first-order chi connectivity index (χ1) is 16.7. The summed E-state index contributed by atoms with van der Waals surface area (Å²) in [7, 11) is 1.60. The molecule has 0 saturated heterocycles. The topological polar surface area (TPSA) is 91.2 Å². The van der Waals surface area contributed by atoms with Gasteiger partial charge in [-0.1, -0.05) is 31.2 Å². The Morgan fingerprint density at radius 1 is 1.03 bits per heavy atom. The van der Waals surface area contributed by atoms with Gasteiger partial charge in [0.1, 0.15) is 17.2 Å². The van der Waals surface area contributed by atoms with E-state index in [1.807, 2.05) is 61.5 Å². The molecule has 2 aromatic heterocycles. The minimum atomic E-state index is -0.151. The second-order valence-electron chi connectivity index (χ2n) is 7.52. The molecule has 0 unspecified atom stereocenters. The molecule has 8 heteroatoms. The smallest absolute Gasteiger partial charge is 0.251 e. The standard InChI is InChI=1S/C26H27N5O3/c1-3-24-29-25(23-14-13-22(33-2)18-28-23)31(30-24)20-10-7-9-19(17-20)26(32)27-15-8-16-34-21-11-5-4-6-12-21/h4-7,9-14,17-18H,3,8,15-16H2,1-2H3,(H,27,32). The summed E-state index contributed by atoms with van der Waals surface area (Å²) in [6.45, 7) is 3.04. The highest BCUT2D eigenvalue weighted by molar-refractivity contribution is 5.94. The van der Waals surface area contributed by atoms with Gasteiger partial charge in [-0.15, -0.1) is 0 Å². The first-order valence-corrected chi connectivity index (χ1v) is 11.2. The van der Waals surface area contributed by atoms with Gasteiger partial charge in [-0.25, -0.2) is 14.6 Å². The largest absolute Gasteiger partial charge is 0.495 e. The Hall–Kier alpha value is -4.20. The molecule has 0 saturated carbocycles. The number of amides is 1. The molecule has 4 aromatic rings. The monoisotopic (exact) mass is 457 g/mol. The Balaban J connectivity index is 1.44. The Kier molecular flexibility index (Phi) is 7.49. The summed E-state index contributed by atoms with van der Waals surface area (Å²) in [6, 6.07) is 20.6. The molecule has 0 aliphatic heterocycles. The van der Waals surface area contributed by atoms with Crippen LogP contribution < -0.4 is 14.8 Å². The van der Waals surface area contributed by atoms with Crippen molar-refractivity contribution in [2.75, 3.05) is 20.3 Å². The highest BCUT2D eigenvalue weighted by Crippen LogP contribution is 2.22. The Bertz CT molecular complexity index is 1220. The number of benzene rings is 2. The number of carbonyl (C=O) groups excluding carboxylic acids is 1. The second kappa shape index (κ2) is 11.1. The summed E-state index contributed by atoms with van der Waals surface area (Å²) in [5.41, 5.74) is 1.95. The van der Waals surface area contributed by atoms with E-state index in [9.17, 15) is 4.79 Å². The zero-order valence-electron chi connectivity index (χ0n) is 19.3. The van der Waals surface area contributed by atoms with Gasteiger partial charge in [0.15, 0.2) is 11.6 Å². The van der Waals surface area contributed by atoms with E-state index < -0.39 is 0 Å². The van der Waals surface area contributed by atoms with Gasteiger partial charge in [-0.3, -0.25) is 4.79 Å². The maximum Gasteiger partial charge on any atom is 0.251 e. The number of nitrogens with zero attached hydrogens (tertiary/aromatic N) is 4. The summed E-state index contributed by atoms with van der Waals surface area (Å²) >= 11 is 0. The Morgan fingerprint density at radius 3 is 2.62 bits per heavy atom. The van der Waals surface area contributed by atoms with Crippen LogP contribution in [0, 0.1) is 0 Å². The molecule has 8 nitrogen and oxygen atoms in total. The zero-order valence-corrected chi connectivity index (χ0v) is 19.3. The van der Waals surface area contributed by atoms with Gasteiger partial charge in [0, 0.05) is 18.5 Å². The number of hydrogen-bond acceptors (Lipinski definition) is 6. The van der Waals surface area contributed by atoms with Crippen molar-refractivity contribution in [3.05, 3.63) is 84.3 Å². The Morgan fingerprint density at radius 2 is 1.88 bits per heavy atom. The van der Waals surface area contributed by atoms with Crippen LogP contribution in [0.5, 0.6) is 11.5 Å². The van der Waals surface area contributed by atoms with E-state index in [0.717, 1.165) is 11.4 Å². The minimum absolute atomic E-state index is 0.151. The molecular formula is C26H27N5O3. The third-order valence-electron chi connectivity index (χ3n) is 5.14. The first kappa shape index (κ1) is 23.0. The van der Waals surface area contributed by atoms with Crippen LogP contribution in [0.1, 0.15) is 29.5 Å². The predicted molar refractivity (Wildman–Crippen MR) is 129 cm³/mol. The molecule has 1 N–H and O–H groups in total. The van der Waals surface area contributed by atoms with Crippen molar-refractivity contribution in [3.63, 3.8) is 0 Å². The van der Waals surface area contributed by atoms with E-state index in [1.165, 1.54) is 0 Å². The first-order valence-electron chi connectivity index (χ1n) is 11.2. The highest BCUT2D eigenvalue weighted by Gasteiger charge is 2.16. The maximum atomic E-state index is 12.7. The lowest BCUT2D eigenvalue weighted by Crippen LogP contribution is -2.25. The van der Waals surface area contributed by atoms with Crippen molar-refractivity contribution in [1.82, 2.24) is 25.1 Å². The van der Waals surface area contributed by atoms with Crippen molar-refractivity contribution in [2.24, 2.45) is 0 Å². The van der Waals surface area contributed by atoms with E-state index in [-0.39, 0.29) is 5.91 Å². The van der Waals surface area contributed by atoms with Crippen LogP contribution in [0.2, 0.25) is 0 Å². The van der Waals surface area contributed by atoms with Gasteiger partial charge in [-0.2, -0.15) is 5.10 Å². The number of methoxy groups -OCH3 is 1. The molecule has 174 valence electrons. The maximum absolute atomic E-state index is 12.7. The molecule has 0 fully saturated rings. The molecule has 1 amide bonds. The summed E-state index contributed by atoms with van der Waals surface area (Å²) in [5, 5.41) is 7.57.